The molecule has 0 amide bonds. The molecule has 53 valence electrons. The van der Waals surface area contributed by atoms with Crippen molar-refractivity contribution in [1.82, 2.24) is 0 Å². The first-order valence-electron chi connectivity index (χ1n) is 3.22. The fraction of sp³-hybridized carbons (Fsp3) is 0.250. The molecule has 0 heterocycles. The van der Waals surface area contributed by atoms with Crippen LogP contribution in [0.3, 0.4) is 0 Å². The Labute approximate surface area is 60.6 Å². The molecular formula is C8H10NO. The second-order valence-corrected chi connectivity index (χ2v) is 1.94. The molecule has 2 heteroatoms. The number of hydrogen-bond donors (Lipinski definition) is 1. The van der Waals surface area contributed by atoms with Crippen molar-refractivity contribution in [3.63, 3.8) is 0 Å². The lowest BCUT2D eigenvalue weighted by Gasteiger charge is -2.01. The quantitative estimate of drug-likeness (QED) is 0.625. The molecule has 10 heavy (non-hydrogen) atoms. The van der Waals surface area contributed by atoms with E-state index in [4.69, 9.17) is 10.5 Å². The van der Waals surface area contributed by atoms with Gasteiger partial charge in [0.15, 0.2) is 0 Å². The summed E-state index contributed by atoms with van der Waals surface area (Å²) in [7, 11) is 0. The van der Waals surface area contributed by atoms with Gasteiger partial charge in [-0.2, -0.15) is 0 Å². The first-order chi connectivity index (χ1) is 4.83. The molecule has 0 unspecified atom stereocenters. The highest BCUT2D eigenvalue weighted by molar-refractivity contribution is 5.42. The van der Waals surface area contributed by atoms with Crippen LogP contribution in [0.25, 0.3) is 0 Å². The number of nitrogen functional groups attached to an aromatic ring is 1. The summed E-state index contributed by atoms with van der Waals surface area (Å²) in [6.45, 7) is 2.60. The summed E-state index contributed by atoms with van der Waals surface area (Å²) < 4.78 is 5.18. The average molecular weight is 136 g/mol. The van der Waals surface area contributed by atoms with Crippen LogP contribution in [0.15, 0.2) is 18.2 Å². The van der Waals surface area contributed by atoms with E-state index >= 15 is 0 Å². The van der Waals surface area contributed by atoms with Gasteiger partial charge in [-0.15, -0.1) is 0 Å². The highest BCUT2D eigenvalue weighted by atomic mass is 16.5. The van der Waals surface area contributed by atoms with Crippen LogP contribution < -0.4 is 10.5 Å². The van der Waals surface area contributed by atoms with Crippen molar-refractivity contribution >= 4 is 5.69 Å². The van der Waals surface area contributed by atoms with Gasteiger partial charge in [-0.1, -0.05) is 0 Å². The maximum Gasteiger partial charge on any atom is 0.121 e. The number of hydrogen-bond acceptors (Lipinski definition) is 2. The lowest BCUT2D eigenvalue weighted by Crippen LogP contribution is -1.92. The van der Waals surface area contributed by atoms with Crippen molar-refractivity contribution < 1.29 is 4.74 Å². The van der Waals surface area contributed by atoms with E-state index in [-0.39, 0.29) is 0 Å². The zero-order chi connectivity index (χ0) is 7.40. The summed E-state index contributed by atoms with van der Waals surface area (Å²) in [6, 6.07) is 8.12. The number of benzene rings is 1. The first kappa shape index (κ1) is 6.93. The average Bonchev–Trinajstić information content (AvgIpc) is 1.88. The topological polar surface area (TPSA) is 35.2 Å². The zero-order valence-electron chi connectivity index (χ0n) is 5.92. The van der Waals surface area contributed by atoms with Gasteiger partial charge in [-0.25, -0.2) is 0 Å². The molecule has 0 atom stereocenters. The monoisotopic (exact) mass is 136 g/mol. The Morgan fingerprint density at radius 2 is 2.40 bits per heavy atom. The Morgan fingerprint density at radius 1 is 1.60 bits per heavy atom. The van der Waals surface area contributed by atoms with E-state index < -0.39 is 0 Å². The second-order valence-electron chi connectivity index (χ2n) is 1.94. The van der Waals surface area contributed by atoms with Crippen LogP contribution in [0.4, 0.5) is 5.69 Å². The van der Waals surface area contributed by atoms with Crippen LogP contribution in [0.1, 0.15) is 6.92 Å². The summed E-state index contributed by atoms with van der Waals surface area (Å²) in [5, 5.41) is 0. The summed E-state index contributed by atoms with van der Waals surface area (Å²) in [6.07, 6.45) is 0. The Kier molecular flexibility index (Phi) is 2.15. The van der Waals surface area contributed by atoms with Gasteiger partial charge in [-0.3, -0.25) is 0 Å². The van der Waals surface area contributed by atoms with Gasteiger partial charge in [-0.05, 0) is 25.1 Å². The maximum atomic E-state index is 5.48. The number of rotatable bonds is 2. The van der Waals surface area contributed by atoms with Crippen LogP contribution in [-0.4, -0.2) is 6.61 Å². The van der Waals surface area contributed by atoms with Gasteiger partial charge in [0, 0.05) is 11.8 Å². The smallest absolute Gasteiger partial charge is 0.121 e. The van der Waals surface area contributed by atoms with Crippen LogP contribution in [0.2, 0.25) is 0 Å². The third-order valence-electron chi connectivity index (χ3n) is 1.10. The van der Waals surface area contributed by atoms with Crippen LogP contribution in [0.5, 0.6) is 5.75 Å². The van der Waals surface area contributed by atoms with Crippen molar-refractivity contribution in [1.29, 1.82) is 0 Å². The summed E-state index contributed by atoms with van der Waals surface area (Å²) >= 11 is 0. The van der Waals surface area contributed by atoms with Crippen LogP contribution >= 0.6 is 0 Å². The molecule has 0 fully saturated rings. The Bertz CT molecular complexity index is 210. The molecule has 0 bridgehead atoms. The highest BCUT2D eigenvalue weighted by Gasteiger charge is 1.89. The van der Waals surface area contributed by atoms with Crippen molar-refractivity contribution in [2.24, 2.45) is 0 Å². The molecule has 0 saturated carbocycles. The van der Waals surface area contributed by atoms with Gasteiger partial charge in [0.05, 0.1) is 6.61 Å². The van der Waals surface area contributed by atoms with E-state index in [2.05, 4.69) is 6.07 Å². The molecule has 2 N–H and O–H groups in total. The van der Waals surface area contributed by atoms with Gasteiger partial charge >= 0.3 is 0 Å². The molecule has 1 aromatic carbocycles. The highest BCUT2D eigenvalue weighted by Crippen LogP contribution is 2.13. The normalized spacial score (nSPS) is 9.30. The standard InChI is InChI=1S/C8H10NO/c1-2-10-8-5-3-4-7(9)6-8/h4-6H,2,9H2,1H3. The third kappa shape index (κ3) is 1.65. The molecule has 1 rings (SSSR count). The molecule has 0 saturated heterocycles. The molecule has 1 aromatic rings. The van der Waals surface area contributed by atoms with Crippen LogP contribution in [-0.2, 0) is 0 Å². The molecular weight excluding hydrogens is 126 g/mol. The minimum atomic E-state index is 0.664. The van der Waals surface area contributed by atoms with Crippen molar-refractivity contribution in [3.8, 4) is 5.75 Å². The van der Waals surface area contributed by atoms with E-state index in [0.29, 0.717) is 12.3 Å². The Balaban J connectivity index is 2.75. The van der Waals surface area contributed by atoms with E-state index in [0.717, 1.165) is 5.75 Å². The zero-order valence-corrected chi connectivity index (χ0v) is 5.92. The molecule has 0 spiro atoms. The molecule has 1 radical (unpaired) electrons. The molecule has 0 aliphatic carbocycles. The summed E-state index contributed by atoms with van der Waals surface area (Å²) in [5.74, 6) is 0.780. The Hall–Kier alpha value is -1.18. The Morgan fingerprint density at radius 3 is 3.00 bits per heavy atom. The fourth-order valence-electron chi connectivity index (χ4n) is 0.718. The summed E-state index contributed by atoms with van der Waals surface area (Å²) in [5.41, 5.74) is 6.16. The lowest BCUT2D eigenvalue weighted by molar-refractivity contribution is 0.340. The molecule has 2 nitrogen and oxygen atoms in total. The molecule has 0 aliphatic rings. The predicted octanol–water partition coefficient (Wildman–Crippen LogP) is 1.47. The number of nitrogens with two attached hydrogens (primary N) is 1. The van der Waals surface area contributed by atoms with Gasteiger partial charge in [0.2, 0.25) is 0 Å². The number of anilines is 1. The van der Waals surface area contributed by atoms with E-state index in [9.17, 15) is 0 Å². The van der Waals surface area contributed by atoms with Crippen molar-refractivity contribution in [2.75, 3.05) is 12.3 Å². The SMILES string of the molecule is CCOc1c[c]cc(N)c1. The lowest BCUT2D eigenvalue weighted by atomic mass is 10.3. The minimum absolute atomic E-state index is 0.664. The molecule has 0 aromatic heterocycles. The van der Waals surface area contributed by atoms with Gasteiger partial charge in [0.25, 0.3) is 0 Å². The summed E-state index contributed by atoms with van der Waals surface area (Å²) in [4.78, 5) is 0. The minimum Gasteiger partial charge on any atom is -0.494 e. The second kappa shape index (κ2) is 3.11. The van der Waals surface area contributed by atoms with E-state index in [1.54, 1.807) is 18.2 Å². The van der Waals surface area contributed by atoms with Gasteiger partial charge in [0.1, 0.15) is 5.75 Å². The third-order valence-corrected chi connectivity index (χ3v) is 1.10. The van der Waals surface area contributed by atoms with E-state index in [1.807, 2.05) is 6.92 Å². The largest absolute Gasteiger partial charge is 0.494 e. The first-order valence-corrected chi connectivity index (χ1v) is 3.22. The fourth-order valence-corrected chi connectivity index (χ4v) is 0.718. The van der Waals surface area contributed by atoms with E-state index in [1.165, 1.54) is 0 Å². The molecule has 0 aliphatic heterocycles. The van der Waals surface area contributed by atoms with Crippen molar-refractivity contribution in [3.05, 3.63) is 24.3 Å². The van der Waals surface area contributed by atoms with Crippen molar-refractivity contribution in [2.45, 2.75) is 6.92 Å². The maximum absolute atomic E-state index is 5.48. The van der Waals surface area contributed by atoms with Crippen LogP contribution in [0, 0.1) is 6.07 Å². The van der Waals surface area contributed by atoms with Gasteiger partial charge < -0.3 is 10.5 Å². The predicted molar refractivity (Wildman–Crippen MR) is 40.9 cm³/mol. The number of ether oxygens (including phenoxy) is 1.